The Bertz CT molecular complexity index is 673. The Morgan fingerprint density at radius 2 is 2.13 bits per heavy atom. The fraction of sp³-hybridized carbons (Fsp3) is 0.500. The van der Waals surface area contributed by atoms with Crippen molar-refractivity contribution in [1.82, 2.24) is 0 Å². The Morgan fingerprint density at radius 3 is 2.65 bits per heavy atom. The molecule has 1 aromatic rings. The van der Waals surface area contributed by atoms with Gasteiger partial charge in [0, 0.05) is 6.26 Å². The van der Waals surface area contributed by atoms with E-state index in [-0.39, 0.29) is 28.0 Å². The van der Waals surface area contributed by atoms with Gasteiger partial charge in [-0.25, -0.2) is 8.42 Å². The van der Waals surface area contributed by atoms with Crippen LogP contribution < -0.4 is 14.6 Å². The molecule has 5 nitrogen and oxygen atoms in total. The van der Waals surface area contributed by atoms with Crippen molar-refractivity contribution in [1.29, 1.82) is 0 Å². The molecule has 128 valence electrons. The first-order valence-corrected chi connectivity index (χ1v) is 11.0. The van der Waals surface area contributed by atoms with E-state index in [0.717, 1.165) is 11.3 Å². The quantitative estimate of drug-likeness (QED) is 0.592. The third-order valence-corrected chi connectivity index (χ3v) is 6.49. The van der Waals surface area contributed by atoms with Crippen LogP contribution in [0.4, 0.5) is 0 Å². The number of ether oxygens (including phenoxy) is 2. The summed E-state index contributed by atoms with van der Waals surface area (Å²) in [6.45, 7) is 2.41. The highest BCUT2D eigenvalue weighted by molar-refractivity contribution is 7.96. The molecule has 0 fully saturated rings. The van der Waals surface area contributed by atoms with Gasteiger partial charge < -0.3 is 9.47 Å². The number of nitrogens with two attached hydrogens (primary N) is 1. The number of methoxy groups -OCH3 is 1. The minimum atomic E-state index is -3.13. The van der Waals surface area contributed by atoms with Crippen LogP contribution in [0.1, 0.15) is 18.4 Å². The molecule has 0 spiro atoms. The fourth-order valence-electron chi connectivity index (χ4n) is 2.76. The van der Waals surface area contributed by atoms with Gasteiger partial charge in [-0.3, -0.25) is 0 Å². The first kappa shape index (κ1) is 18.2. The number of hydrogen-bond acceptors (Lipinski definition) is 5. The van der Waals surface area contributed by atoms with E-state index < -0.39 is 9.84 Å². The molecule has 0 aromatic heterocycles. The average molecular weight is 359 g/mol. The first-order valence-electron chi connectivity index (χ1n) is 7.45. The van der Waals surface area contributed by atoms with Gasteiger partial charge in [0.1, 0.15) is 15.6 Å². The molecule has 0 radical (unpaired) electrons. The summed E-state index contributed by atoms with van der Waals surface area (Å²) in [5, 5.41) is 6.24. The molecule has 3 unspecified atom stereocenters. The van der Waals surface area contributed by atoms with E-state index >= 15 is 0 Å². The second-order valence-corrected chi connectivity index (χ2v) is 9.57. The molecule has 0 saturated carbocycles. The summed E-state index contributed by atoms with van der Waals surface area (Å²) in [5.74, 6) is 1.97. The second-order valence-electron chi connectivity index (χ2n) is 5.57. The van der Waals surface area contributed by atoms with Crippen molar-refractivity contribution in [3.8, 4) is 11.5 Å². The van der Waals surface area contributed by atoms with E-state index in [0.29, 0.717) is 18.1 Å². The van der Waals surface area contributed by atoms with E-state index in [1.165, 1.54) is 6.26 Å². The number of rotatable bonds is 7. The van der Waals surface area contributed by atoms with Gasteiger partial charge in [-0.15, -0.1) is 0 Å². The predicted octanol–water partition coefficient (Wildman–Crippen LogP) is 1.65. The highest BCUT2D eigenvalue weighted by Crippen LogP contribution is 2.35. The highest BCUT2D eigenvalue weighted by atomic mass is 32.2. The molecule has 0 aliphatic carbocycles. The Hall–Kier alpha value is -1.18. The van der Waals surface area contributed by atoms with Crippen LogP contribution in [0.2, 0.25) is 0 Å². The van der Waals surface area contributed by atoms with Crippen molar-refractivity contribution in [2.75, 3.05) is 31.5 Å². The van der Waals surface area contributed by atoms with Crippen LogP contribution in [0, 0.1) is 0 Å². The SMILES string of the molecule is CCOc1cc(C(CS(C)(=O)=O)C2C=CC[S+]2N)ccc1OC. The van der Waals surface area contributed by atoms with Gasteiger partial charge in [-0.1, -0.05) is 6.07 Å². The molecular formula is C16H24NO4S2+. The summed E-state index contributed by atoms with van der Waals surface area (Å²) >= 11 is -0.341. The van der Waals surface area contributed by atoms with Gasteiger partial charge in [0.25, 0.3) is 0 Å². The normalized spacial score (nSPS) is 22.1. The van der Waals surface area contributed by atoms with Crippen LogP contribution in [0.15, 0.2) is 30.4 Å². The van der Waals surface area contributed by atoms with Crippen LogP contribution in [-0.4, -0.2) is 45.1 Å². The van der Waals surface area contributed by atoms with Gasteiger partial charge >= 0.3 is 0 Å². The van der Waals surface area contributed by atoms with Crippen LogP contribution in [0.5, 0.6) is 11.5 Å². The first-order chi connectivity index (χ1) is 10.9. The molecule has 0 amide bonds. The Kier molecular flexibility index (Phi) is 6.00. The third-order valence-electron chi connectivity index (χ3n) is 3.76. The molecule has 0 saturated heterocycles. The van der Waals surface area contributed by atoms with E-state index in [1.54, 1.807) is 7.11 Å². The Morgan fingerprint density at radius 1 is 1.39 bits per heavy atom. The molecule has 1 heterocycles. The highest BCUT2D eigenvalue weighted by Gasteiger charge is 2.39. The zero-order chi connectivity index (χ0) is 17.0. The van der Waals surface area contributed by atoms with Crippen molar-refractivity contribution in [2.24, 2.45) is 5.14 Å². The van der Waals surface area contributed by atoms with Gasteiger partial charge in [0.2, 0.25) is 0 Å². The van der Waals surface area contributed by atoms with E-state index in [2.05, 4.69) is 0 Å². The Balaban J connectivity index is 2.42. The molecule has 2 rings (SSSR count). The standard InChI is InChI=1S/C16H24NO4S2/c1-4-21-15-10-12(7-8-14(15)20-2)13(11-23(3,18)19)16-6-5-9-22(16)17/h5-8,10,13,16H,4,9,11,17H2,1-3H3/q+1. The molecule has 1 aliphatic heterocycles. The maximum absolute atomic E-state index is 11.9. The lowest BCUT2D eigenvalue weighted by Crippen LogP contribution is -2.34. The fourth-order valence-corrected chi connectivity index (χ4v) is 5.47. The number of hydrogen-bond donors (Lipinski definition) is 1. The van der Waals surface area contributed by atoms with Crippen molar-refractivity contribution in [3.63, 3.8) is 0 Å². The zero-order valence-corrected chi connectivity index (χ0v) is 15.3. The minimum Gasteiger partial charge on any atom is -0.493 e. The molecule has 1 aliphatic rings. The summed E-state index contributed by atoms with van der Waals surface area (Å²) in [6.07, 6.45) is 5.35. The maximum atomic E-state index is 11.9. The third kappa shape index (κ3) is 4.65. The summed E-state index contributed by atoms with van der Waals surface area (Å²) in [5.41, 5.74) is 0.916. The number of benzene rings is 1. The van der Waals surface area contributed by atoms with Crippen molar-refractivity contribution >= 4 is 20.9 Å². The van der Waals surface area contributed by atoms with E-state index in [9.17, 15) is 8.42 Å². The maximum Gasteiger partial charge on any atom is 0.163 e. The predicted molar refractivity (Wildman–Crippen MR) is 96.0 cm³/mol. The topological polar surface area (TPSA) is 78.6 Å². The summed E-state index contributed by atoms with van der Waals surface area (Å²) in [4.78, 5) is 0. The van der Waals surface area contributed by atoms with Crippen LogP contribution in [-0.2, 0) is 20.9 Å². The van der Waals surface area contributed by atoms with Gasteiger partial charge in [-0.2, -0.15) is 5.14 Å². The summed E-state index contributed by atoms with van der Waals surface area (Å²) in [6, 6.07) is 5.60. The van der Waals surface area contributed by atoms with E-state index in [1.807, 2.05) is 37.3 Å². The lowest BCUT2D eigenvalue weighted by atomic mass is 9.96. The van der Waals surface area contributed by atoms with Gasteiger partial charge in [0.15, 0.2) is 16.7 Å². The minimum absolute atomic E-state index is 0.0348. The average Bonchev–Trinajstić information content (AvgIpc) is 2.90. The van der Waals surface area contributed by atoms with Crippen molar-refractivity contribution in [2.45, 2.75) is 18.1 Å². The molecular weight excluding hydrogens is 334 g/mol. The summed E-state index contributed by atoms with van der Waals surface area (Å²) in [7, 11) is -1.54. The Labute approximate surface area is 141 Å². The molecule has 0 bridgehead atoms. The molecule has 7 heteroatoms. The second kappa shape index (κ2) is 7.59. The van der Waals surface area contributed by atoms with Crippen LogP contribution >= 0.6 is 0 Å². The monoisotopic (exact) mass is 358 g/mol. The largest absolute Gasteiger partial charge is 0.493 e. The van der Waals surface area contributed by atoms with Crippen molar-refractivity contribution in [3.05, 3.63) is 35.9 Å². The molecule has 2 N–H and O–H groups in total. The van der Waals surface area contributed by atoms with Gasteiger partial charge in [-0.05, 0) is 36.8 Å². The van der Waals surface area contributed by atoms with E-state index in [4.69, 9.17) is 14.6 Å². The van der Waals surface area contributed by atoms with Crippen LogP contribution in [0.3, 0.4) is 0 Å². The van der Waals surface area contributed by atoms with Crippen molar-refractivity contribution < 1.29 is 17.9 Å². The number of sulfone groups is 1. The van der Waals surface area contributed by atoms with Gasteiger partial charge in [0.05, 0.1) is 36.5 Å². The van der Waals surface area contributed by atoms with Crippen LogP contribution in [0.25, 0.3) is 0 Å². The molecule has 1 aromatic carbocycles. The lowest BCUT2D eigenvalue weighted by molar-refractivity contribution is 0.310. The summed E-state index contributed by atoms with van der Waals surface area (Å²) < 4.78 is 34.7. The zero-order valence-electron chi connectivity index (χ0n) is 13.7. The molecule has 3 atom stereocenters. The smallest absolute Gasteiger partial charge is 0.163 e. The molecule has 23 heavy (non-hydrogen) atoms. The lowest BCUT2D eigenvalue weighted by Gasteiger charge is -2.21.